The van der Waals surface area contributed by atoms with E-state index in [1.54, 1.807) is 66.0 Å². The molecule has 73 heavy (non-hydrogen) atoms. The maximum atomic E-state index is 13.6. The van der Waals surface area contributed by atoms with Crippen molar-refractivity contribution < 1.29 is 9.53 Å². The van der Waals surface area contributed by atoms with Gasteiger partial charge in [-0.15, -0.1) is 0 Å². The Morgan fingerprint density at radius 3 is 1.48 bits per heavy atom. The number of ether oxygens (including phenoxy) is 1. The summed E-state index contributed by atoms with van der Waals surface area (Å²) in [4.78, 5) is 69.8. The maximum Gasteiger partial charge on any atom is 0.410 e. The minimum atomic E-state index is -0.590. The SMILES string of the molecule is Cn1cc(-c2ccc(-c3ccc4ncc5c(c4n3)n(C3CCCCC3)c(=O)n5C)cn2)cn1.Cn1cc(-c2ccc(-c3ccc4ncc5c(c4n3)n(C3CCCN(C(=O)OC(C)(C)C)C3)c(=O)n5C)cn2)cn1. The Bertz CT molecular complexity index is 3830. The van der Waals surface area contributed by atoms with Crippen LogP contribution >= 0.6 is 0 Å². The van der Waals surface area contributed by atoms with Crippen LogP contribution in [-0.4, -0.2) is 97.4 Å². The molecule has 1 saturated carbocycles. The van der Waals surface area contributed by atoms with E-state index in [4.69, 9.17) is 14.7 Å². The predicted octanol–water partition coefficient (Wildman–Crippen LogP) is 8.57. The Morgan fingerprint density at radius 1 is 0.548 bits per heavy atom. The second-order valence-electron chi connectivity index (χ2n) is 20.2. The first-order chi connectivity index (χ1) is 35.2. The summed E-state index contributed by atoms with van der Waals surface area (Å²) in [5.74, 6) is 0. The van der Waals surface area contributed by atoms with E-state index in [0.29, 0.717) is 29.6 Å². The zero-order chi connectivity index (χ0) is 50.7. The number of imidazole rings is 2. The van der Waals surface area contributed by atoms with E-state index in [9.17, 15) is 14.4 Å². The molecule has 0 spiro atoms. The molecule has 2 aliphatic rings. The van der Waals surface area contributed by atoms with Crippen LogP contribution in [0.3, 0.4) is 0 Å². The number of fused-ring (bicyclic) bond motifs is 6. The van der Waals surface area contributed by atoms with Crippen molar-refractivity contribution in [2.45, 2.75) is 83.4 Å². The fourth-order valence-corrected chi connectivity index (χ4v) is 10.3. The van der Waals surface area contributed by atoms with Crippen molar-refractivity contribution in [1.29, 1.82) is 0 Å². The Balaban J connectivity index is 0.000000160. The summed E-state index contributed by atoms with van der Waals surface area (Å²) in [6.45, 7) is 6.54. The third-order valence-corrected chi connectivity index (χ3v) is 14.0. The van der Waals surface area contributed by atoms with Gasteiger partial charge in [-0.1, -0.05) is 19.3 Å². The number of likely N-dealkylation sites (tertiary alicyclic amines) is 1. The van der Waals surface area contributed by atoms with Crippen molar-refractivity contribution in [3.63, 3.8) is 0 Å². The summed E-state index contributed by atoms with van der Waals surface area (Å²) < 4.78 is 16.2. The molecule has 10 aromatic rings. The van der Waals surface area contributed by atoms with E-state index in [2.05, 4.69) is 30.1 Å². The van der Waals surface area contributed by atoms with Crippen LogP contribution in [-0.2, 0) is 32.9 Å². The molecule has 1 saturated heterocycles. The van der Waals surface area contributed by atoms with Gasteiger partial charge in [0.15, 0.2) is 0 Å². The molecular weight excluding hydrogens is 923 g/mol. The summed E-state index contributed by atoms with van der Waals surface area (Å²) in [6.07, 6.45) is 21.4. The van der Waals surface area contributed by atoms with Gasteiger partial charge in [0.1, 0.15) is 16.6 Å². The lowest BCUT2D eigenvalue weighted by Gasteiger charge is -2.34. The number of carbonyl (C=O) groups is 1. The molecule has 0 bridgehead atoms. The predicted molar refractivity (Wildman–Crippen MR) is 280 cm³/mol. The van der Waals surface area contributed by atoms with Crippen LogP contribution in [0.25, 0.3) is 89.2 Å². The van der Waals surface area contributed by atoms with Crippen LogP contribution in [0.1, 0.15) is 77.8 Å². The highest BCUT2D eigenvalue weighted by Gasteiger charge is 2.32. The third kappa shape index (κ3) is 8.92. The number of aryl methyl sites for hydroxylation is 4. The highest BCUT2D eigenvalue weighted by molar-refractivity contribution is 6.01. The van der Waals surface area contributed by atoms with E-state index in [-0.39, 0.29) is 29.6 Å². The first-order valence-corrected chi connectivity index (χ1v) is 24.8. The van der Waals surface area contributed by atoms with Gasteiger partial charge in [-0.3, -0.25) is 47.6 Å². The molecule has 0 aromatic carbocycles. The number of hydrogen-bond acceptors (Lipinski definition) is 12. The summed E-state index contributed by atoms with van der Waals surface area (Å²) in [6, 6.07) is 15.7. The van der Waals surface area contributed by atoms with E-state index in [0.717, 1.165) is 111 Å². The Hall–Kier alpha value is -8.35. The van der Waals surface area contributed by atoms with Crippen LogP contribution in [0.15, 0.2) is 108 Å². The molecule has 19 heteroatoms. The second-order valence-corrected chi connectivity index (χ2v) is 20.2. The van der Waals surface area contributed by atoms with Crippen LogP contribution in [0, 0.1) is 0 Å². The topological polar surface area (TPSA) is 196 Å². The van der Waals surface area contributed by atoms with Gasteiger partial charge in [-0.2, -0.15) is 10.2 Å². The first-order valence-electron chi connectivity index (χ1n) is 24.8. The molecule has 19 nitrogen and oxygen atoms in total. The van der Waals surface area contributed by atoms with Gasteiger partial charge in [0.05, 0.1) is 86.7 Å². The molecule has 372 valence electrons. The smallest absolute Gasteiger partial charge is 0.410 e. The van der Waals surface area contributed by atoms with E-state index >= 15 is 0 Å². The normalized spacial score (nSPS) is 15.6. The molecule has 1 atom stereocenters. The lowest BCUT2D eigenvalue weighted by molar-refractivity contribution is 0.0173. The largest absolute Gasteiger partial charge is 0.444 e. The van der Waals surface area contributed by atoms with E-state index < -0.39 is 5.60 Å². The van der Waals surface area contributed by atoms with Crippen molar-refractivity contribution in [3.05, 3.63) is 119 Å². The molecule has 1 amide bonds. The van der Waals surface area contributed by atoms with Gasteiger partial charge in [-0.05, 0) is 95.0 Å². The summed E-state index contributed by atoms with van der Waals surface area (Å²) >= 11 is 0. The van der Waals surface area contributed by atoms with E-state index in [1.807, 2.05) is 114 Å². The highest BCUT2D eigenvalue weighted by atomic mass is 16.6. The first kappa shape index (κ1) is 47.0. The van der Waals surface area contributed by atoms with Crippen LogP contribution < -0.4 is 11.4 Å². The average molecular weight is 980 g/mol. The molecule has 1 aliphatic heterocycles. The number of pyridine rings is 6. The number of nitrogens with zero attached hydrogens (tertiary/aromatic N) is 15. The fourth-order valence-electron chi connectivity index (χ4n) is 10.3. The lowest BCUT2D eigenvalue weighted by Crippen LogP contribution is -2.45. The third-order valence-electron chi connectivity index (χ3n) is 14.0. The van der Waals surface area contributed by atoms with Gasteiger partial charge in [0, 0.05) is 94.4 Å². The molecule has 1 aliphatic carbocycles. The van der Waals surface area contributed by atoms with Gasteiger partial charge >= 0.3 is 17.5 Å². The van der Waals surface area contributed by atoms with Gasteiger partial charge < -0.3 is 9.64 Å². The number of hydrogen-bond donors (Lipinski definition) is 0. The molecule has 0 N–H and O–H groups in total. The molecular formula is C54H57N15O4. The highest BCUT2D eigenvalue weighted by Crippen LogP contribution is 2.34. The Kier molecular flexibility index (Phi) is 12.0. The monoisotopic (exact) mass is 979 g/mol. The molecule has 2 fully saturated rings. The number of aromatic nitrogens is 14. The average Bonchev–Trinajstić information content (AvgIpc) is 4.17. The van der Waals surface area contributed by atoms with Crippen molar-refractivity contribution in [3.8, 4) is 45.0 Å². The number of rotatable bonds is 6. The minimum Gasteiger partial charge on any atom is -0.444 e. The maximum absolute atomic E-state index is 13.6. The molecule has 12 rings (SSSR count). The van der Waals surface area contributed by atoms with Gasteiger partial charge in [-0.25, -0.2) is 24.4 Å². The molecule has 10 aromatic heterocycles. The van der Waals surface area contributed by atoms with Gasteiger partial charge in [0.25, 0.3) is 0 Å². The number of piperidine rings is 1. The minimum absolute atomic E-state index is 0.0147. The van der Waals surface area contributed by atoms with E-state index in [1.165, 1.54) is 6.42 Å². The van der Waals surface area contributed by atoms with Crippen molar-refractivity contribution in [2.75, 3.05) is 13.1 Å². The summed E-state index contributed by atoms with van der Waals surface area (Å²) in [7, 11) is 7.33. The molecule has 1 unspecified atom stereocenters. The van der Waals surface area contributed by atoms with Crippen molar-refractivity contribution in [2.24, 2.45) is 28.2 Å². The Morgan fingerprint density at radius 2 is 1.03 bits per heavy atom. The van der Waals surface area contributed by atoms with Gasteiger partial charge in [0.2, 0.25) is 0 Å². The molecule has 11 heterocycles. The molecule has 0 radical (unpaired) electrons. The fraction of sp³-hybridized carbons (Fsp3) is 0.352. The zero-order valence-electron chi connectivity index (χ0n) is 42.1. The number of amides is 1. The summed E-state index contributed by atoms with van der Waals surface area (Å²) in [5, 5.41) is 8.44. The quantitative estimate of drug-likeness (QED) is 0.154. The van der Waals surface area contributed by atoms with Crippen molar-refractivity contribution >= 4 is 50.2 Å². The standard InChI is InChI=1S/C29H32N8O3.C25H25N7O/c1-29(2,3)40-28(39)36-12-6-7-20(17-36)37-26-24(35(5)27(37)38)15-31-23-11-10-22(33-25(23)26)18-8-9-21(30-13-18)19-14-32-34(4)16-19;1-30-15-17(13-28-30)19-9-8-16(12-26-19)20-10-11-21-23(29-20)24-22(14-27-21)31(2)25(33)32(24)18-6-4-3-5-7-18/h8-11,13-16,20H,6-7,12,17H2,1-5H3;8-15,18H,3-7H2,1-2H3. The van der Waals surface area contributed by atoms with Crippen LogP contribution in [0.4, 0.5) is 4.79 Å². The van der Waals surface area contributed by atoms with Crippen molar-refractivity contribution in [1.82, 2.24) is 72.6 Å². The van der Waals surface area contributed by atoms with Crippen LogP contribution in [0.2, 0.25) is 0 Å². The zero-order valence-corrected chi connectivity index (χ0v) is 42.1. The Labute approximate surface area is 419 Å². The summed E-state index contributed by atoms with van der Waals surface area (Å²) in [5.41, 5.74) is 12.2. The van der Waals surface area contributed by atoms with Crippen LogP contribution in [0.5, 0.6) is 0 Å². The second kappa shape index (κ2) is 18.7. The lowest BCUT2D eigenvalue weighted by atomic mass is 9.95. The number of carbonyl (C=O) groups excluding carboxylic acids is 1.